The number of nitrogen functional groups attached to an aromatic ring is 1. The number of aromatic amines is 1. The van der Waals surface area contributed by atoms with Gasteiger partial charge in [0, 0.05) is 0 Å². The minimum atomic E-state index is -0.775. The van der Waals surface area contributed by atoms with Crippen molar-refractivity contribution >= 4 is 52.3 Å². The Labute approximate surface area is 178 Å². The second kappa shape index (κ2) is 8.59. The number of amides is 1. The van der Waals surface area contributed by atoms with E-state index in [4.69, 9.17) is 17.3 Å². The maximum absolute atomic E-state index is 13.3. The highest BCUT2D eigenvalue weighted by molar-refractivity contribution is 8.00. The molecule has 0 saturated heterocycles. The first-order valence-corrected chi connectivity index (χ1v) is 9.91. The third-order valence-corrected chi connectivity index (χ3v) is 5.47. The highest BCUT2D eigenvalue weighted by Gasteiger charge is 2.24. The number of carbonyl (C=O) groups excluding carboxylic acids is 1. The number of halogens is 2. The third-order valence-electron chi connectivity index (χ3n) is 4.02. The van der Waals surface area contributed by atoms with E-state index in [1.807, 2.05) is 30.3 Å². The maximum Gasteiger partial charge on any atom is 0.240 e. The SMILES string of the molecule is Nc1nc(S[C@H](Cc2ccccc2)C(=O)Nc2ncc(F)c(Cl)n2)c2[nH]cnc2n1. The molecule has 4 N–H and O–H groups in total. The Morgan fingerprint density at radius 3 is 2.80 bits per heavy atom. The van der Waals surface area contributed by atoms with Crippen molar-refractivity contribution in [1.82, 2.24) is 29.9 Å². The van der Waals surface area contributed by atoms with E-state index in [9.17, 15) is 9.18 Å². The normalized spacial score (nSPS) is 12.1. The van der Waals surface area contributed by atoms with Gasteiger partial charge in [0.25, 0.3) is 0 Å². The van der Waals surface area contributed by atoms with Crippen LogP contribution in [-0.2, 0) is 11.2 Å². The molecule has 0 radical (unpaired) electrons. The summed E-state index contributed by atoms with van der Waals surface area (Å²) < 4.78 is 13.3. The number of anilines is 2. The van der Waals surface area contributed by atoms with E-state index in [1.54, 1.807) is 0 Å². The molecule has 0 fully saturated rings. The minimum absolute atomic E-state index is 0.0459. The summed E-state index contributed by atoms with van der Waals surface area (Å²) in [5.74, 6) is -1.23. The molecule has 0 unspecified atom stereocenters. The molecular formula is C18H14ClFN8OS. The van der Waals surface area contributed by atoms with Crippen molar-refractivity contribution < 1.29 is 9.18 Å². The molecule has 30 heavy (non-hydrogen) atoms. The average Bonchev–Trinajstić information content (AvgIpc) is 3.19. The molecule has 0 aliphatic heterocycles. The van der Waals surface area contributed by atoms with Crippen molar-refractivity contribution in [2.75, 3.05) is 11.1 Å². The van der Waals surface area contributed by atoms with Crippen LogP contribution in [0.2, 0.25) is 5.15 Å². The summed E-state index contributed by atoms with van der Waals surface area (Å²) in [5.41, 5.74) is 7.69. The van der Waals surface area contributed by atoms with Gasteiger partial charge in [0.2, 0.25) is 17.8 Å². The van der Waals surface area contributed by atoms with Crippen LogP contribution in [-0.4, -0.2) is 41.1 Å². The number of thioether (sulfide) groups is 1. The maximum atomic E-state index is 13.3. The molecule has 152 valence electrons. The molecule has 0 saturated carbocycles. The number of nitrogens with zero attached hydrogens (tertiary/aromatic N) is 5. The molecule has 0 aliphatic rings. The molecule has 0 bridgehead atoms. The van der Waals surface area contributed by atoms with E-state index in [-0.39, 0.29) is 17.0 Å². The topological polar surface area (TPSA) is 135 Å². The Kier molecular flexibility index (Phi) is 5.72. The highest BCUT2D eigenvalue weighted by Crippen LogP contribution is 2.30. The number of carbonyl (C=O) groups is 1. The lowest BCUT2D eigenvalue weighted by Gasteiger charge is -2.16. The van der Waals surface area contributed by atoms with Gasteiger partial charge in [0.05, 0.1) is 17.8 Å². The smallest absolute Gasteiger partial charge is 0.240 e. The number of imidazole rings is 1. The van der Waals surface area contributed by atoms with Crippen molar-refractivity contribution in [3.8, 4) is 0 Å². The van der Waals surface area contributed by atoms with Crippen LogP contribution >= 0.6 is 23.4 Å². The predicted octanol–water partition coefficient (Wildman–Crippen LogP) is 2.86. The summed E-state index contributed by atoms with van der Waals surface area (Å²) in [4.78, 5) is 35.9. The second-order valence-corrected chi connectivity index (χ2v) is 7.66. The van der Waals surface area contributed by atoms with Crippen LogP contribution in [0.1, 0.15) is 5.56 Å². The van der Waals surface area contributed by atoms with E-state index < -0.39 is 17.0 Å². The number of nitrogens with two attached hydrogens (primary N) is 1. The molecule has 9 nitrogen and oxygen atoms in total. The van der Waals surface area contributed by atoms with Crippen LogP contribution < -0.4 is 11.1 Å². The monoisotopic (exact) mass is 444 g/mol. The standard InChI is InChI=1S/C18H14ClFN8OS/c19-13-10(20)7-22-18(25-13)27-15(29)11(6-9-4-2-1-3-5-9)30-16-12-14(24-8-23-12)26-17(21)28-16/h1-5,7-8,11H,6H2,(H,22,25,27,29)(H3,21,23,24,26,28)/t11-/m1/s1. The highest BCUT2D eigenvalue weighted by atomic mass is 35.5. The fourth-order valence-corrected chi connectivity index (χ4v) is 3.91. The van der Waals surface area contributed by atoms with Gasteiger partial charge in [-0.25, -0.2) is 19.3 Å². The largest absolute Gasteiger partial charge is 0.368 e. The zero-order chi connectivity index (χ0) is 21.1. The van der Waals surface area contributed by atoms with Crippen LogP contribution in [0.4, 0.5) is 16.3 Å². The Balaban J connectivity index is 1.64. The zero-order valence-corrected chi connectivity index (χ0v) is 16.8. The fourth-order valence-electron chi connectivity index (χ4n) is 2.66. The van der Waals surface area contributed by atoms with Gasteiger partial charge in [-0.3, -0.25) is 10.1 Å². The molecule has 4 aromatic rings. The van der Waals surface area contributed by atoms with Crippen molar-refractivity contribution in [2.24, 2.45) is 0 Å². The number of H-pyrrole nitrogens is 1. The molecule has 3 heterocycles. The summed E-state index contributed by atoms with van der Waals surface area (Å²) in [6.45, 7) is 0. The quantitative estimate of drug-likeness (QED) is 0.305. The fraction of sp³-hybridized carbons (Fsp3) is 0.111. The number of nitrogens with one attached hydrogen (secondary N) is 2. The van der Waals surface area contributed by atoms with Gasteiger partial charge >= 0.3 is 0 Å². The Bertz CT molecular complexity index is 1210. The second-order valence-electron chi connectivity index (χ2n) is 6.11. The Morgan fingerprint density at radius 2 is 2.03 bits per heavy atom. The lowest BCUT2D eigenvalue weighted by molar-refractivity contribution is -0.115. The van der Waals surface area contributed by atoms with Crippen LogP contribution in [0, 0.1) is 5.82 Å². The zero-order valence-electron chi connectivity index (χ0n) is 15.2. The van der Waals surface area contributed by atoms with Crippen LogP contribution in [0.25, 0.3) is 11.2 Å². The van der Waals surface area contributed by atoms with E-state index in [2.05, 4.69) is 35.2 Å². The number of benzene rings is 1. The predicted molar refractivity (Wildman–Crippen MR) is 112 cm³/mol. The van der Waals surface area contributed by atoms with Gasteiger partial charge in [-0.2, -0.15) is 9.97 Å². The van der Waals surface area contributed by atoms with Gasteiger partial charge < -0.3 is 10.7 Å². The van der Waals surface area contributed by atoms with Gasteiger partial charge in [-0.05, 0) is 12.0 Å². The first-order valence-electron chi connectivity index (χ1n) is 8.65. The molecular weight excluding hydrogens is 431 g/mol. The van der Waals surface area contributed by atoms with Crippen molar-refractivity contribution in [2.45, 2.75) is 16.7 Å². The van der Waals surface area contributed by atoms with E-state index >= 15 is 0 Å². The molecule has 1 atom stereocenters. The lowest BCUT2D eigenvalue weighted by atomic mass is 10.1. The van der Waals surface area contributed by atoms with Crippen LogP contribution in [0.5, 0.6) is 0 Å². The summed E-state index contributed by atoms with van der Waals surface area (Å²) in [7, 11) is 0. The molecule has 0 aliphatic carbocycles. The van der Waals surface area contributed by atoms with E-state index in [1.165, 1.54) is 18.1 Å². The molecule has 1 aromatic carbocycles. The van der Waals surface area contributed by atoms with E-state index in [0.29, 0.717) is 22.6 Å². The van der Waals surface area contributed by atoms with Gasteiger partial charge in [-0.1, -0.05) is 53.7 Å². The number of hydrogen-bond acceptors (Lipinski definition) is 8. The van der Waals surface area contributed by atoms with Crippen molar-refractivity contribution in [3.63, 3.8) is 0 Å². The average molecular weight is 445 g/mol. The number of aromatic nitrogens is 6. The van der Waals surface area contributed by atoms with Gasteiger partial charge in [0.15, 0.2) is 16.6 Å². The molecule has 0 spiro atoms. The van der Waals surface area contributed by atoms with Crippen molar-refractivity contribution in [3.05, 3.63) is 59.4 Å². The molecule has 4 rings (SSSR count). The number of hydrogen-bond donors (Lipinski definition) is 3. The first-order chi connectivity index (χ1) is 14.5. The van der Waals surface area contributed by atoms with Crippen molar-refractivity contribution in [1.29, 1.82) is 0 Å². The van der Waals surface area contributed by atoms with E-state index in [0.717, 1.165) is 11.8 Å². The summed E-state index contributed by atoms with van der Waals surface area (Å²) in [6.07, 6.45) is 2.75. The summed E-state index contributed by atoms with van der Waals surface area (Å²) in [5, 5.41) is 2.03. The molecule has 1 amide bonds. The third kappa shape index (κ3) is 4.47. The molecule has 3 aromatic heterocycles. The summed E-state index contributed by atoms with van der Waals surface area (Å²) in [6, 6.07) is 9.47. The lowest BCUT2D eigenvalue weighted by Crippen LogP contribution is -2.28. The molecule has 12 heteroatoms. The minimum Gasteiger partial charge on any atom is -0.368 e. The van der Waals surface area contributed by atoms with Crippen LogP contribution in [0.3, 0.4) is 0 Å². The van der Waals surface area contributed by atoms with Gasteiger partial charge in [0.1, 0.15) is 10.5 Å². The van der Waals surface area contributed by atoms with Crippen LogP contribution in [0.15, 0.2) is 47.9 Å². The number of rotatable bonds is 6. The summed E-state index contributed by atoms with van der Waals surface area (Å²) >= 11 is 6.87. The Hall–Kier alpha value is -3.31. The Morgan fingerprint density at radius 1 is 1.23 bits per heavy atom. The van der Waals surface area contributed by atoms with Gasteiger partial charge in [-0.15, -0.1) is 0 Å². The number of fused-ring (bicyclic) bond motifs is 1. The first kappa shape index (κ1) is 20.0.